The quantitative estimate of drug-likeness (QED) is 0.648. The lowest BCUT2D eigenvalue weighted by atomic mass is 10.1. The van der Waals surface area contributed by atoms with E-state index < -0.39 is 0 Å². The van der Waals surface area contributed by atoms with Crippen LogP contribution in [0, 0.1) is 0 Å². The molecule has 18 heavy (non-hydrogen) atoms. The molecule has 2 nitrogen and oxygen atoms in total. The van der Waals surface area contributed by atoms with Gasteiger partial charge >= 0.3 is 0 Å². The van der Waals surface area contributed by atoms with Crippen molar-refractivity contribution in [1.82, 2.24) is 10.2 Å². The SMILES string of the molecule is CCCNCCCCCCN1CCSC(C)C1C. The van der Waals surface area contributed by atoms with E-state index in [0.717, 1.165) is 11.3 Å². The Morgan fingerprint density at radius 1 is 1.11 bits per heavy atom. The fourth-order valence-corrected chi connectivity index (χ4v) is 3.69. The van der Waals surface area contributed by atoms with Crippen LogP contribution in [0.5, 0.6) is 0 Å². The van der Waals surface area contributed by atoms with Gasteiger partial charge in [0.25, 0.3) is 0 Å². The van der Waals surface area contributed by atoms with Crippen molar-refractivity contribution in [3.8, 4) is 0 Å². The van der Waals surface area contributed by atoms with Gasteiger partial charge in [0, 0.05) is 23.6 Å². The molecular weight excluding hydrogens is 240 g/mol. The number of unbranched alkanes of at least 4 members (excludes halogenated alkanes) is 3. The normalized spacial score (nSPS) is 25.5. The van der Waals surface area contributed by atoms with Crippen molar-refractivity contribution in [2.75, 3.05) is 31.9 Å². The van der Waals surface area contributed by atoms with Crippen molar-refractivity contribution < 1.29 is 0 Å². The monoisotopic (exact) mass is 272 g/mol. The van der Waals surface area contributed by atoms with Gasteiger partial charge in [0.2, 0.25) is 0 Å². The minimum atomic E-state index is 0.773. The molecule has 0 spiro atoms. The largest absolute Gasteiger partial charge is 0.317 e. The van der Waals surface area contributed by atoms with Crippen LogP contribution in [0.3, 0.4) is 0 Å². The van der Waals surface area contributed by atoms with E-state index in [4.69, 9.17) is 0 Å². The van der Waals surface area contributed by atoms with Gasteiger partial charge in [-0.25, -0.2) is 0 Å². The predicted octanol–water partition coefficient (Wildman–Crippen LogP) is 3.37. The second-order valence-corrected chi connectivity index (χ2v) is 7.00. The molecule has 2 atom stereocenters. The summed E-state index contributed by atoms with van der Waals surface area (Å²) in [6, 6.07) is 0.773. The lowest BCUT2D eigenvalue weighted by Gasteiger charge is -2.37. The molecule has 0 radical (unpaired) electrons. The highest BCUT2D eigenvalue weighted by Gasteiger charge is 2.24. The van der Waals surface area contributed by atoms with Crippen molar-refractivity contribution in [2.45, 2.75) is 64.2 Å². The average Bonchev–Trinajstić information content (AvgIpc) is 2.37. The second-order valence-electron chi connectivity index (χ2n) is 5.52. The summed E-state index contributed by atoms with van der Waals surface area (Å²) in [6.07, 6.45) is 6.78. The fraction of sp³-hybridized carbons (Fsp3) is 1.00. The van der Waals surface area contributed by atoms with Gasteiger partial charge in [0.05, 0.1) is 0 Å². The van der Waals surface area contributed by atoms with Crippen LogP contribution < -0.4 is 5.32 Å². The topological polar surface area (TPSA) is 15.3 Å². The highest BCUT2D eigenvalue weighted by Crippen LogP contribution is 2.24. The van der Waals surface area contributed by atoms with Crippen LogP contribution in [-0.4, -0.2) is 48.1 Å². The highest BCUT2D eigenvalue weighted by atomic mass is 32.2. The number of rotatable bonds is 9. The first-order chi connectivity index (χ1) is 8.75. The maximum Gasteiger partial charge on any atom is 0.0184 e. The molecular formula is C15H32N2S. The molecule has 0 bridgehead atoms. The molecule has 2 unspecified atom stereocenters. The van der Waals surface area contributed by atoms with Crippen molar-refractivity contribution in [2.24, 2.45) is 0 Å². The second kappa shape index (κ2) is 10.1. The fourth-order valence-electron chi connectivity index (χ4n) is 2.53. The lowest BCUT2D eigenvalue weighted by Crippen LogP contribution is -2.44. The zero-order valence-electron chi connectivity index (χ0n) is 12.6. The lowest BCUT2D eigenvalue weighted by molar-refractivity contribution is 0.208. The summed E-state index contributed by atoms with van der Waals surface area (Å²) in [5, 5.41) is 4.29. The summed E-state index contributed by atoms with van der Waals surface area (Å²) in [7, 11) is 0. The maximum absolute atomic E-state index is 3.48. The summed E-state index contributed by atoms with van der Waals surface area (Å²) >= 11 is 2.13. The molecule has 1 aliphatic rings. The molecule has 1 fully saturated rings. The van der Waals surface area contributed by atoms with Gasteiger partial charge in [-0.1, -0.05) is 26.7 Å². The van der Waals surface area contributed by atoms with Crippen LogP contribution in [0.4, 0.5) is 0 Å². The van der Waals surface area contributed by atoms with E-state index in [0.29, 0.717) is 0 Å². The Bertz CT molecular complexity index is 199. The first kappa shape index (κ1) is 16.3. The first-order valence-corrected chi connectivity index (χ1v) is 8.87. The van der Waals surface area contributed by atoms with Gasteiger partial charge in [0.15, 0.2) is 0 Å². The van der Waals surface area contributed by atoms with Gasteiger partial charge in [-0.15, -0.1) is 0 Å². The van der Waals surface area contributed by atoms with Crippen LogP contribution in [-0.2, 0) is 0 Å². The Hall–Kier alpha value is 0.270. The molecule has 0 aliphatic carbocycles. The molecule has 1 heterocycles. The number of hydrogen-bond acceptors (Lipinski definition) is 3. The molecule has 1 rings (SSSR count). The van der Waals surface area contributed by atoms with Crippen molar-refractivity contribution >= 4 is 11.8 Å². The summed E-state index contributed by atoms with van der Waals surface area (Å²) in [5.74, 6) is 1.33. The molecule has 0 aromatic carbocycles. The van der Waals surface area contributed by atoms with Gasteiger partial charge in [0.1, 0.15) is 0 Å². The van der Waals surface area contributed by atoms with Crippen molar-refractivity contribution in [1.29, 1.82) is 0 Å². The van der Waals surface area contributed by atoms with Crippen molar-refractivity contribution in [3.05, 3.63) is 0 Å². The Kier molecular flexibility index (Phi) is 9.16. The van der Waals surface area contributed by atoms with Gasteiger partial charge in [-0.2, -0.15) is 11.8 Å². The average molecular weight is 273 g/mol. The summed E-state index contributed by atoms with van der Waals surface area (Å²) in [4.78, 5) is 2.69. The summed E-state index contributed by atoms with van der Waals surface area (Å²) < 4.78 is 0. The molecule has 0 aromatic heterocycles. The Labute approximate surface area is 118 Å². The maximum atomic E-state index is 3.48. The highest BCUT2D eigenvalue weighted by molar-refractivity contribution is 8.00. The van der Waals surface area contributed by atoms with E-state index in [1.165, 1.54) is 64.0 Å². The van der Waals surface area contributed by atoms with E-state index in [1.807, 2.05) is 0 Å². The van der Waals surface area contributed by atoms with E-state index in [1.54, 1.807) is 0 Å². The van der Waals surface area contributed by atoms with Gasteiger partial charge in [-0.3, -0.25) is 4.90 Å². The molecule has 1 saturated heterocycles. The van der Waals surface area contributed by atoms with Crippen LogP contribution in [0.15, 0.2) is 0 Å². The molecule has 1 aliphatic heterocycles. The van der Waals surface area contributed by atoms with Crippen LogP contribution in [0.2, 0.25) is 0 Å². The van der Waals surface area contributed by atoms with Crippen LogP contribution >= 0.6 is 11.8 Å². The third kappa shape index (κ3) is 6.44. The number of hydrogen-bond donors (Lipinski definition) is 1. The third-order valence-electron chi connectivity index (χ3n) is 3.99. The minimum Gasteiger partial charge on any atom is -0.317 e. The molecule has 0 saturated carbocycles. The minimum absolute atomic E-state index is 0.773. The Morgan fingerprint density at radius 2 is 1.89 bits per heavy atom. The predicted molar refractivity (Wildman–Crippen MR) is 84.6 cm³/mol. The van der Waals surface area contributed by atoms with E-state index in [2.05, 4.69) is 42.7 Å². The molecule has 0 aromatic rings. The summed E-state index contributed by atoms with van der Waals surface area (Å²) in [6.45, 7) is 12.0. The molecule has 3 heteroatoms. The first-order valence-electron chi connectivity index (χ1n) is 7.82. The number of thioether (sulfide) groups is 1. The molecule has 108 valence electrons. The van der Waals surface area contributed by atoms with E-state index in [-0.39, 0.29) is 0 Å². The number of nitrogens with zero attached hydrogens (tertiary/aromatic N) is 1. The summed E-state index contributed by atoms with van der Waals surface area (Å²) in [5.41, 5.74) is 0. The Morgan fingerprint density at radius 3 is 2.67 bits per heavy atom. The molecule has 0 amide bonds. The standard InChI is InChI=1S/C15H32N2S/c1-4-9-16-10-7-5-6-8-11-17-12-13-18-15(3)14(17)2/h14-16H,4-13H2,1-3H3. The smallest absolute Gasteiger partial charge is 0.0184 e. The van der Waals surface area contributed by atoms with Gasteiger partial charge in [-0.05, 0) is 45.8 Å². The zero-order chi connectivity index (χ0) is 13.2. The number of nitrogens with one attached hydrogen (secondary N) is 1. The van der Waals surface area contributed by atoms with Gasteiger partial charge < -0.3 is 5.32 Å². The van der Waals surface area contributed by atoms with E-state index >= 15 is 0 Å². The van der Waals surface area contributed by atoms with E-state index in [9.17, 15) is 0 Å². The third-order valence-corrected chi connectivity index (χ3v) is 5.33. The Balaban J connectivity index is 1.94. The van der Waals surface area contributed by atoms with Crippen molar-refractivity contribution in [3.63, 3.8) is 0 Å². The zero-order valence-corrected chi connectivity index (χ0v) is 13.4. The van der Waals surface area contributed by atoms with Crippen LogP contribution in [0.25, 0.3) is 0 Å². The molecule has 1 N–H and O–H groups in total. The van der Waals surface area contributed by atoms with Crippen LogP contribution in [0.1, 0.15) is 52.9 Å².